The number of urea groups is 1. The summed E-state index contributed by atoms with van der Waals surface area (Å²) >= 11 is 0. The number of nitrogens with zero attached hydrogens (tertiary/aromatic N) is 1. The van der Waals surface area contributed by atoms with Gasteiger partial charge in [-0.2, -0.15) is 0 Å². The van der Waals surface area contributed by atoms with Gasteiger partial charge in [-0.3, -0.25) is 0 Å². The van der Waals surface area contributed by atoms with Gasteiger partial charge < -0.3 is 20.1 Å². The summed E-state index contributed by atoms with van der Waals surface area (Å²) in [4.78, 5) is 14.3. The number of hydrogen-bond donors (Lipinski definition) is 2. The maximum absolute atomic E-state index is 12.4. The third kappa shape index (κ3) is 4.85. The Morgan fingerprint density at radius 1 is 1.36 bits per heavy atom. The van der Waals surface area contributed by atoms with E-state index in [2.05, 4.69) is 19.2 Å². The van der Waals surface area contributed by atoms with Crippen LogP contribution in [0.3, 0.4) is 0 Å². The minimum absolute atomic E-state index is 0.0290. The molecule has 5 nitrogen and oxygen atoms in total. The lowest BCUT2D eigenvalue weighted by atomic mass is 9.94. The van der Waals surface area contributed by atoms with Crippen molar-refractivity contribution in [1.82, 2.24) is 10.2 Å². The predicted molar refractivity (Wildman–Crippen MR) is 86.8 cm³/mol. The second-order valence-corrected chi connectivity index (χ2v) is 7.35. The normalized spacial score (nSPS) is 22.3. The van der Waals surface area contributed by atoms with Crippen LogP contribution in [0, 0.1) is 11.8 Å². The maximum atomic E-state index is 12.4. The Hall–Kier alpha value is -0.810. The van der Waals surface area contributed by atoms with Crippen molar-refractivity contribution in [2.75, 3.05) is 32.8 Å². The molecular weight excluding hydrogens is 280 g/mol. The molecule has 1 atom stereocenters. The highest BCUT2D eigenvalue weighted by Gasteiger charge is 2.40. The first-order valence-corrected chi connectivity index (χ1v) is 8.82. The lowest BCUT2D eigenvalue weighted by molar-refractivity contribution is -0.0926. The van der Waals surface area contributed by atoms with Crippen molar-refractivity contribution in [3.63, 3.8) is 0 Å². The number of morpholine rings is 1. The van der Waals surface area contributed by atoms with Crippen LogP contribution in [0.1, 0.15) is 52.4 Å². The molecule has 1 saturated carbocycles. The quantitative estimate of drug-likeness (QED) is 0.791. The summed E-state index contributed by atoms with van der Waals surface area (Å²) in [5, 5.41) is 12.2. The number of hydrogen-bond acceptors (Lipinski definition) is 3. The van der Waals surface area contributed by atoms with Crippen LogP contribution in [0.25, 0.3) is 0 Å². The summed E-state index contributed by atoms with van der Waals surface area (Å²) < 4.78 is 5.97. The standard InChI is InChI=1S/C17H32N2O3/c1-14(2)11-15(5-9-20)12-18-16(21)19-8-10-22-17(13-19)6-3-4-7-17/h14-15,20H,3-13H2,1-2H3,(H,18,21)/t15-/m1/s1. The Morgan fingerprint density at radius 2 is 2.09 bits per heavy atom. The van der Waals surface area contributed by atoms with Gasteiger partial charge in [-0.25, -0.2) is 4.79 Å². The average molecular weight is 312 g/mol. The number of nitrogens with one attached hydrogen (secondary N) is 1. The zero-order chi connectivity index (χ0) is 16.0. The van der Waals surface area contributed by atoms with Crippen molar-refractivity contribution < 1.29 is 14.6 Å². The van der Waals surface area contributed by atoms with Crippen molar-refractivity contribution >= 4 is 6.03 Å². The van der Waals surface area contributed by atoms with Crippen molar-refractivity contribution in [3.05, 3.63) is 0 Å². The molecule has 5 heteroatoms. The monoisotopic (exact) mass is 312 g/mol. The van der Waals surface area contributed by atoms with Crippen LogP contribution < -0.4 is 5.32 Å². The first-order chi connectivity index (χ1) is 10.5. The predicted octanol–water partition coefficient (Wildman–Crippen LogP) is 2.39. The molecule has 0 bridgehead atoms. The van der Waals surface area contributed by atoms with Crippen molar-refractivity contribution in [1.29, 1.82) is 0 Å². The molecule has 1 aliphatic carbocycles. The summed E-state index contributed by atoms with van der Waals surface area (Å²) in [5.74, 6) is 0.939. The van der Waals surface area contributed by atoms with Crippen LogP contribution in [0.5, 0.6) is 0 Å². The Bertz CT molecular complexity index is 354. The van der Waals surface area contributed by atoms with E-state index in [1.165, 1.54) is 12.8 Å². The number of amides is 2. The van der Waals surface area contributed by atoms with Gasteiger partial charge in [0.15, 0.2) is 0 Å². The molecule has 128 valence electrons. The van der Waals surface area contributed by atoms with Crippen molar-refractivity contribution in [2.24, 2.45) is 11.8 Å². The molecular formula is C17H32N2O3. The van der Waals surface area contributed by atoms with Crippen molar-refractivity contribution in [3.8, 4) is 0 Å². The zero-order valence-electron chi connectivity index (χ0n) is 14.1. The van der Waals surface area contributed by atoms with Crippen LogP contribution in [0.15, 0.2) is 0 Å². The van der Waals surface area contributed by atoms with E-state index >= 15 is 0 Å². The largest absolute Gasteiger partial charge is 0.396 e. The molecule has 1 saturated heterocycles. The van der Waals surface area contributed by atoms with E-state index in [0.29, 0.717) is 31.5 Å². The molecule has 0 unspecified atom stereocenters. The molecule has 2 fully saturated rings. The first-order valence-electron chi connectivity index (χ1n) is 8.82. The number of aliphatic hydroxyl groups is 1. The SMILES string of the molecule is CC(C)C[C@@H](CCO)CNC(=O)N1CCOC2(CCCC2)C1. The maximum Gasteiger partial charge on any atom is 0.317 e. The summed E-state index contributed by atoms with van der Waals surface area (Å²) in [6.45, 7) is 7.27. The second kappa shape index (κ2) is 8.16. The minimum Gasteiger partial charge on any atom is -0.396 e. The molecule has 0 radical (unpaired) electrons. The fourth-order valence-corrected chi connectivity index (χ4v) is 3.84. The summed E-state index contributed by atoms with van der Waals surface area (Å²) in [6, 6.07) is 0.0290. The number of ether oxygens (including phenoxy) is 1. The zero-order valence-corrected chi connectivity index (χ0v) is 14.1. The van der Waals surface area contributed by atoms with Gasteiger partial charge in [-0.1, -0.05) is 26.7 Å². The first kappa shape index (κ1) is 17.5. The van der Waals surface area contributed by atoms with E-state index in [9.17, 15) is 4.79 Å². The smallest absolute Gasteiger partial charge is 0.317 e. The van der Waals surface area contributed by atoms with Gasteiger partial charge in [-0.15, -0.1) is 0 Å². The molecule has 0 aromatic carbocycles. The van der Waals surface area contributed by atoms with Gasteiger partial charge in [0.25, 0.3) is 0 Å². The Morgan fingerprint density at radius 3 is 2.73 bits per heavy atom. The van der Waals surface area contributed by atoms with E-state index in [4.69, 9.17) is 9.84 Å². The fraction of sp³-hybridized carbons (Fsp3) is 0.941. The number of carbonyl (C=O) groups is 1. The molecule has 2 amide bonds. The lowest BCUT2D eigenvalue weighted by Crippen LogP contribution is -2.55. The average Bonchev–Trinajstić information content (AvgIpc) is 2.92. The van der Waals surface area contributed by atoms with E-state index < -0.39 is 0 Å². The molecule has 2 rings (SSSR count). The highest BCUT2D eigenvalue weighted by Crippen LogP contribution is 2.35. The molecule has 1 heterocycles. The number of rotatable bonds is 6. The van der Waals surface area contributed by atoms with Gasteiger partial charge in [0.05, 0.1) is 18.8 Å². The van der Waals surface area contributed by atoms with Crippen LogP contribution in [-0.4, -0.2) is 54.5 Å². The van der Waals surface area contributed by atoms with Gasteiger partial charge in [0.2, 0.25) is 0 Å². The van der Waals surface area contributed by atoms with Crippen LogP contribution >= 0.6 is 0 Å². The molecule has 0 aromatic rings. The molecule has 1 spiro atoms. The number of aliphatic hydroxyl groups excluding tert-OH is 1. The molecule has 1 aliphatic heterocycles. The molecule has 0 aromatic heterocycles. The summed E-state index contributed by atoms with van der Waals surface area (Å²) in [5.41, 5.74) is -0.0714. The van der Waals surface area contributed by atoms with Crippen LogP contribution in [0.2, 0.25) is 0 Å². The molecule has 22 heavy (non-hydrogen) atoms. The van der Waals surface area contributed by atoms with Crippen molar-refractivity contribution in [2.45, 2.75) is 58.0 Å². The lowest BCUT2D eigenvalue weighted by Gasteiger charge is -2.40. The summed E-state index contributed by atoms with van der Waals surface area (Å²) in [6.07, 6.45) is 6.37. The highest BCUT2D eigenvalue weighted by atomic mass is 16.5. The third-order valence-corrected chi connectivity index (χ3v) is 4.93. The van der Waals surface area contributed by atoms with Gasteiger partial charge >= 0.3 is 6.03 Å². The molecule has 2 N–H and O–H groups in total. The Kier molecular flexibility index (Phi) is 6.50. The van der Waals surface area contributed by atoms with E-state index in [1.807, 2.05) is 4.90 Å². The molecule has 2 aliphatic rings. The minimum atomic E-state index is -0.0714. The van der Waals surface area contributed by atoms with Crippen LogP contribution in [-0.2, 0) is 4.74 Å². The third-order valence-electron chi connectivity index (χ3n) is 4.93. The van der Waals surface area contributed by atoms with E-state index in [0.717, 1.165) is 32.2 Å². The fourth-order valence-electron chi connectivity index (χ4n) is 3.84. The Labute approximate surface area is 134 Å². The van der Waals surface area contributed by atoms with E-state index in [-0.39, 0.29) is 18.2 Å². The van der Waals surface area contributed by atoms with Crippen LogP contribution in [0.4, 0.5) is 4.79 Å². The summed E-state index contributed by atoms with van der Waals surface area (Å²) in [7, 11) is 0. The second-order valence-electron chi connectivity index (χ2n) is 7.35. The topological polar surface area (TPSA) is 61.8 Å². The van der Waals surface area contributed by atoms with Gasteiger partial charge in [-0.05, 0) is 37.5 Å². The number of carbonyl (C=O) groups excluding carboxylic acids is 1. The van der Waals surface area contributed by atoms with Gasteiger partial charge in [0.1, 0.15) is 0 Å². The Balaban J connectivity index is 1.80. The van der Waals surface area contributed by atoms with Gasteiger partial charge in [0, 0.05) is 19.7 Å². The van der Waals surface area contributed by atoms with E-state index in [1.54, 1.807) is 0 Å². The highest BCUT2D eigenvalue weighted by molar-refractivity contribution is 5.74.